The summed E-state index contributed by atoms with van der Waals surface area (Å²) >= 11 is 2.30. The molecule has 0 heterocycles. The molecule has 0 nitrogen and oxygen atoms in total. The SMILES string of the molecule is CC1=[C]([Ti+3])c2ccccc2C1[Si](c1ccccc1)(c1ccccc1)c1ccccc1.[Cl-].[Cl-].[Cl-]. The first-order valence-corrected chi connectivity index (χ1v) is 13.3. The summed E-state index contributed by atoms with van der Waals surface area (Å²) in [4.78, 5) is 0. The van der Waals surface area contributed by atoms with E-state index in [9.17, 15) is 0 Å². The Bertz CT molecular complexity index is 1110. The van der Waals surface area contributed by atoms with Crippen molar-refractivity contribution in [1.82, 2.24) is 0 Å². The molecule has 0 aromatic heterocycles. The second-order valence-electron chi connectivity index (χ2n) is 7.98. The smallest absolute Gasteiger partial charge is 1.00 e. The van der Waals surface area contributed by atoms with Crippen LogP contribution in [-0.4, -0.2) is 8.07 Å². The van der Waals surface area contributed by atoms with Crippen LogP contribution in [0.2, 0.25) is 0 Å². The molecule has 0 saturated carbocycles. The zero-order chi connectivity index (χ0) is 20.6. The van der Waals surface area contributed by atoms with Gasteiger partial charge in [0.05, 0.1) is 0 Å². The zero-order valence-electron chi connectivity index (χ0n) is 18.2. The second-order valence-corrected chi connectivity index (χ2v) is 12.7. The van der Waals surface area contributed by atoms with Gasteiger partial charge in [-0.15, -0.1) is 0 Å². The molecule has 1 aliphatic rings. The van der Waals surface area contributed by atoms with Crippen LogP contribution in [0, 0.1) is 0 Å². The molecule has 1 aliphatic carbocycles. The third kappa shape index (κ3) is 4.56. The van der Waals surface area contributed by atoms with Gasteiger partial charge in [0.1, 0.15) is 0 Å². The zero-order valence-corrected chi connectivity index (χ0v) is 23.0. The van der Waals surface area contributed by atoms with Gasteiger partial charge < -0.3 is 37.2 Å². The Morgan fingerprint density at radius 3 is 1.33 bits per heavy atom. The molecule has 0 bridgehead atoms. The fourth-order valence-electron chi connectivity index (χ4n) is 5.23. The van der Waals surface area contributed by atoms with Crippen molar-refractivity contribution in [3.8, 4) is 0 Å². The molecule has 5 rings (SSSR count). The van der Waals surface area contributed by atoms with E-state index < -0.39 is 8.07 Å². The Hall–Kier alpha value is -1.58. The number of halogens is 3. The van der Waals surface area contributed by atoms with Crippen LogP contribution in [0.15, 0.2) is 121 Å². The Morgan fingerprint density at radius 2 is 0.909 bits per heavy atom. The van der Waals surface area contributed by atoms with E-state index in [-0.39, 0.29) is 37.2 Å². The first kappa shape index (κ1) is 27.7. The molecule has 164 valence electrons. The van der Waals surface area contributed by atoms with Crippen LogP contribution in [0.1, 0.15) is 23.6 Å². The van der Waals surface area contributed by atoms with Gasteiger partial charge in [0, 0.05) is 0 Å². The van der Waals surface area contributed by atoms with Crippen molar-refractivity contribution < 1.29 is 57.7 Å². The average Bonchev–Trinajstić information content (AvgIpc) is 3.08. The van der Waals surface area contributed by atoms with Gasteiger partial charge in [-0.1, -0.05) is 0 Å². The fraction of sp³-hybridized carbons (Fsp3) is 0.0714. The predicted octanol–water partition coefficient (Wildman–Crippen LogP) is -4.22. The van der Waals surface area contributed by atoms with Crippen molar-refractivity contribution >= 4 is 27.5 Å². The van der Waals surface area contributed by atoms with Crippen molar-refractivity contribution in [3.05, 3.63) is 132 Å². The van der Waals surface area contributed by atoms with Crippen LogP contribution in [0.5, 0.6) is 0 Å². The largest absolute Gasteiger partial charge is 1.00 e. The topological polar surface area (TPSA) is 0 Å². The van der Waals surface area contributed by atoms with Crippen LogP contribution in [0.3, 0.4) is 0 Å². The molecule has 33 heavy (non-hydrogen) atoms. The maximum Gasteiger partial charge on any atom is -1.00 e. The third-order valence-electron chi connectivity index (χ3n) is 6.49. The molecular formula is C28H23Cl3SiTi. The summed E-state index contributed by atoms with van der Waals surface area (Å²) in [5.41, 5.74) is 4.79. The van der Waals surface area contributed by atoms with E-state index in [1.165, 1.54) is 36.1 Å². The van der Waals surface area contributed by atoms with Gasteiger partial charge >= 0.3 is 192 Å². The molecule has 5 heteroatoms. The Balaban J connectivity index is 0.00000128. The molecule has 0 saturated heterocycles. The normalized spacial score (nSPS) is 14.5. The predicted molar refractivity (Wildman–Crippen MR) is 126 cm³/mol. The number of benzene rings is 4. The van der Waals surface area contributed by atoms with Crippen LogP contribution >= 0.6 is 0 Å². The number of allylic oxidation sites excluding steroid dienone is 1. The summed E-state index contributed by atoms with van der Waals surface area (Å²) in [6.07, 6.45) is 0. The van der Waals surface area contributed by atoms with Crippen LogP contribution < -0.4 is 52.8 Å². The van der Waals surface area contributed by atoms with E-state index in [1.807, 2.05) is 0 Å². The molecule has 1 atom stereocenters. The molecule has 0 radical (unpaired) electrons. The van der Waals surface area contributed by atoms with Crippen molar-refractivity contribution in [3.63, 3.8) is 0 Å². The van der Waals surface area contributed by atoms with Crippen LogP contribution in [-0.2, 0) is 20.4 Å². The second kappa shape index (κ2) is 11.7. The van der Waals surface area contributed by atoms with Gasteiger partial charge in [-0.05, 0) is 0 Å². The first-order valence-electron chi connectivity index (χ1n) is 10.4. The van der Waals surface area contributed by atoms with Crippen molar-refractivity contribution in [1.29, 1.82) is 0 Å². The van der Waals surface area contributed by atoms with E-state index >= 15 is 0 Å². The van der Waals surface area contributed by atoms with Gasteiger partial charge in [0.25, 0.3) is 0 Å². The minimum Gasteiger partial charge on any atom is -1.00 e. The average molecular weight is 542 g/mol. The monoisotopic (exact) mass is 540 g/mol. The summed E-state index contributed by atoms with van der Waals surface area (Å²) in [5, 5.41) is 4.41. The molecule has 0 amide bonds. The quantitative estimate of drug-likeness (QED) is 0.182. The number of fused-ring (bicyclic) bond motifs is 1. The van der Waals surface area contributed by atoms with Gasteiger partial charge in [0.15, 0.2) is 0 Å². The molecule has 0 N–H and O–H groups in total. The van der Waals surface area contributed by atoms with E-state index in [0.717, 1.165) is 0 Å². The van der Waals surface area contributed by atoms with Crippen molar-refractivity contribution in [2.45, 2.75) is 12.5 Å². The van der Waals surface area contributed by atoms with Gasteiger partial charge in [0.2, 0.25) is 0 Å². The summed E-state index contributed by atoms with van der Waals surface area (Å²) < 4.78 is 1.44. The van der Waals surface area contributed by atoms with Gasteiger partial charge in [-0.2, -0.15) is 0 Å². The van der Waals surface area contributed by atoms with Crippen LogP contribution in [0.25, 0.3) is 3.88 Å². The Labute approximate surface area is 228 Å². The maximum atomic E-state index is 2.36. The first-order chi connectivity index (χ1) is 14.7. The molecule has 0 fully saturated rings. The van der Waals surface area contributed by atoms with E-state index in [0.29, 0.717) is 5.54 Å². The Kier molecular flexibility index (Phi) is 9.82. The van der Waals surface area contributed by atoms with E-state index in [4.69, 9.17) is 0 Å². The molecule has 0 aliphatic heterocycles. The van der Waals surface area contributed by atoms with Gasteiger partial charge in [-0.3, -0.25) is 0 Å². The minimum atomic E-state index is -2.40. The number of hydrogen-bond donors (Lipinski definition) is 0. The van der Waals surface area contributed by atoms with E-state index in [2.05, 4.69) is 143 Å². The minimum absolute atomic E-state index is 0. The molecule has 0 spiro atoms. The molecule has 1 unspecified atom stereocenters. The summed E-state index contributed by atoms with van der Waals surface area (Å²) in [6, 6.07) is 42.8. The van der Waals surface area contributed by atoms with Crippen molar-refractivity contribution in [2.24, 2.45) is 0 Å². The molecular weight excluding hydrogens is 519 g/mol. The standard InChI is InChI=1S/C28H23Si.3ClH.Ti/c1-22-21-23-13-11-12-20-27(23)28(22)29(24-14-5-2-6-15-24,25-16-7-3-8-17-25)26-18-9-4-10-19-26;;;;/h2-20,28H,1H3;3*1H;/q;;;;+3/p-3. The van der Waals surface area contributed by atoms with Crippen molar-refractivity contribution in [2.75, 3.05) is 0 Å². The number of rotatable bonds is 4. The maximum absolute atomic E-state index is 2.40. The summed E-state index contributed by atoms with van der Waals surface area (Å²) in [7, 11) is -2.40. The third-order valence-corrected chi connectivity index (χ3v) is 12.9. The Morgan fingerprint density at radius 1 is 0.545 bits per heavy atom. The number of hydrogen-bond acceptors (Lipinski definition) is 0. The summed E-state index contributed by atoms with van der Waals surface area (Å²) in [5.74, 6) is 0. The van der Waals surface area contributed by atoms with Crippen LogP contribution in [0.4, 0.5) is 0 Å². The van der Waals surface area contributed by atoms with E-state index in [1.54, 1.807) is 0 Å². The fourth-order valence-corrected chi connectivity index (χ4v) is 11.7. The van der Waals surface area contributed by atoms with Gasteiger partial charge in [-0.25, -0.2) is 0 Å². The molecule has 4 aromatic carbocycles. The summed E-state index contributed by atoms with van der Waals surface area (Å²) in [6.45, 7) is 2.36. The molecule has 4 aromatic rings.